The Morgan fingerprint density at radius 3 is 2.45 bits per heavy atom. The number of amides is 1. The number of nitrogens with one attached hydrogen (secondary N) is 2. The first kappa shape index (κ1) is 16.0. The Morgan fingerprint density at radius 1 is 1.14 bits per heavy atom. The lowest BCUT2D eigenvalue weighted by Gasteiger charge is -2.08. The Labute approximate surface area is 128 Å². The monoisotopic (exact) mass is 322 g/mol. The minimum Gasteiger partial charge on any atom is -0.348 e. The van der Waals surface area contributed by atoms with Crippen LogP contribution in [-0.4, -0.2) is 20.6 Å². The Morgan fingerprint density at radius 2 is 1.82 bits per heavy atom. The minimum absolute atomic E-state index is 0.253. The molecule has 22 heavy (non-hydrogen) atoms. The minimum atomic E-state index is -3.40. The highest BCUT2D eigenvalue weighted by Gasteiger charge is 2.08. The molecule has 0 bridgehead atoms. The van der Waals surface area contributed by atoms with E-state index in [0.29, 0.717) is 11.3 Å². The number of hydrogen-bond donors (Lipinski definition) is 2. The Balaban J connectivity index is 2.03. The first-order valence-corrected chi connectivity index (χ1v) is 8.33. The molecule has 0 radical (unpaired) electrons. The molecule has 0 atom stereocenters. The van der Waals surface area contributed by atoms with Gasteiger partial charge in [-0.3, -0.25) is 9.52 Å². The molecule has 0 aliphatic rings. The van der Waals surface area contributed by atoms with E-state index in [1.807, 2.05) is 0 Å². The van der Waals surface area contributed by atoms with Crippen LogP contribution in [0, 0.1) is 5.82 Å². The maximum absolute atomic E-state index is 12.8. The molecule has 2 N–H and O–H groups in total. The summed E-state index contributed by atoms with van der Waals surface area (Å²) < 4.78 is 37.4. The molecule has 2 rings (SSSR count). The summed E-state index contributed by atoms with van der Waals surface area (Å²) in [7, 11) is -3.40. The van der Waals surface area contributed by atoms with Crippen molar-refractivity contribution in [1.82, 2.24) is 5.32 Å². The quantitative estimate of drug-likeness (QED) is 0.885. The van der Waals surface area contributed by atoms with Crippen molar-refractivity contribution in [2.45, 2.75) is 6.54 Å². The molecule has 5 nitrogen and oxygen atoms in total. The van der Waals surface area contributed by atoms with E-state index in [9.17, 15) is 17.6 Å². The van der Waals surface area contributed by atoms with Crippen LogP contribution >= 0.6 is 0 Å². The highest BCUT2D eigenvalue weighted by molar-refractivity contribution is 7.92. The zero-order valence-electron chi connectivity index (χ0n) is 11.8. The number of rotatable bonds is 5. The SMILES string of the molecule is CS(=O)(=O)Nc1cccc(C(=O)NCc2ccc(F)cc2)c1. The van der Waals surface area contributed by atoms with Gasteiger partial charge in [0, 0.05) is 17.8 Å². The summed E-state index contributed by atoms with van der Waals surface area (Å²) in [5, 5.41) is 2.69. The second kappa shape index (κ2) is 6.57. The van der Waals surface area contributed by atoms with Gasteiger partial charge in [0.25, 0.3) is 5.91 Å². The molecule has 0 aromatic heterocycles. The van der Waals surface area contributed by atoms with Gasteiger partial charge in [-0.2, -0.15) is 0 Å². The number of hydrogen-bond acceptors (Lipinski definition) is 3. The normalized spacial score (nSPS) is 11.0. The van der Waals surface area contributed by atoms with E-state index in [-0.39, 0.29) is 18.3 Å². The summed E-state index contributed by atoms with van der Waals surface area (Å²) in [5.41, 5.74) is 1.41. The van der Waals surface area contributed by atoms with Crippen molar-refractivity contribution >= 4 is 21.6 Å². The maximum atomic E-state index is 12.8. The molecule has 0 saturated heterocycles. The number of sulfonamides is 1. The summed E-state index contributed by atoms with van der Waals surface area (Å²) >= 11 is 0. The van der Waals surface area contributed by atoms with Crippen LogP contribution in [0.5, 0.6) is 0 Å². The van der Waals surface area contributed by atoms with Gasteiger partial charge in [-0.05, 0) is 35.9 Å². The highest BCUT2D eigenvalue weighted by atomic mass is 32.2. The van der Waals surface area contributed by atoms with Gasteiger partial charge in [0.15, 0.2) is 0 Å². The molecule has 0 fully saturated rings. The predicted molar refractivity (Wildman–Crippen MR) is 82.5 cm³/mol. The lowest BCUT2D eigenvalue weighted by Crippen LogP contribution is -2.23. The summed E-state index contributed by atoms with van der Waals surface area (Å²) in [6.45, 7) is 0.253. The van der Waals surface area contributed by atoms with Crippen LogP contribution < -0.4 is 10.0 Å². The topological polar surface area (TPSA) is 75.3 Å². The van der Waals surface area contributed by atoms with Crippen LogP contribution in [0.4, 0.5) is 10.1 Å². The van der Waals surface area contributed by atoms with Gasteiger partial charge in [0.05, 0.1) is 6.26 Å². The van der Waals surface area contributed by atoms with Gasteiger partial charge in [-0.15, -0.1) is 0 Å². The van der Waals surface area contributed by atoms with Crippen LogP contribution in [0.3, 0.4) is 0 Å². The third-order valence-electron chi connectivity index (χ3n) is 2.79. The van der Waals surface area contributed by atoms with Crippen LogP contribution in [0.15, 0.2) is 48.5 Å². The first-order chi connectivity index (χ1) is 10.3. The lowest BCUT2D eigenvalue weighted by atomic mass is 10.1. The number of carbonyl (C=O) groups excluding carboxylic acids is 1. The standard InChI is InChI=1S/C15H15FN2O3S/c1-22(20,21)18-14-4-2-3-12(9-14)15(19)17-10-11-5-7-13(16)8-6-11/h2-9,18H,10H2,1H3,(H,17,19). The number of benzene rings is 2. The van der Waals surface area contributed by atoms with E-state index in [1.54, 1.807) is 30.3 Å². The van der Waals surface area contributed by atoms with Gasteiger partial charge in [-0.25, -0.2) is 12.8 Å². The van der Waals surface area contributed by atoms with Crippen molar-refractivity contribution in [2.24, 2.45) is 0 Å². The third kappa shape index (κ3) is 4.85. The molecule has 0 saturated carbocycles. The van der Waals surface area contributed by atoms with E-state index < -0.39 is 10.0 Å². The van der Waals surface area contributed by atoms with Gasteiger partial charge in [0.1, 0.15) is 5.82 Å². The Hall–Kier alpha value is -2.41. The van der Waals surface area contributed by atoms with Gasteiger partial charge >= 0.3 is 0 Å². The third-order valence-corrected chi connectivity index (χ3v) is 3.40. The zero-order chi connectivity index (χ0) is 16.2. The largest absolute Gasteiger partial charge is 0.348 e. The molecular formula is C15H15FN2O3S. The number of carbonyl (C=O) groups is 1. The molecule has 1 amide bonds. The smallest absolute Gasteiger partial charge is 0.251 e. The van der Waals surface area contributed by atoms with Crippen molar-refractivity contribution in [1.29, 1.82) is 0 Å². The number of anilines is 1. The molecule has 0 heterocycles. The van der Waals surface area contributed by atoms with Crippen LogP contribution in [0.2, 0.25) is 0 Å². The van der Waals surface area contributed by atoms with Crippen molar-refractivity contribution in [2.75, 3.05) is 11.0 Å². The van der Waals surface area contributed by atoms with E-state index in [1.165, 1.54) is 18.2 Å². The van der Waals surface area contributed by atoms with Gasteiger partial charge in [-0.1, -0.05) is 18.2 Å². The lowest BCUT2D eigenvalue weighted by molar-refractivity contribution is 0.0951. The maximum Gasteiger partial charge on any atom is 0.251 e. The average Bonchev–Trinajstić information content (AvgIpc) is 2.45. The fraction of sp³-hybridized carbons (Fsp3) is 0.133. The Bertz CT molecular complexity index is 774. The molecule has 2 aromatic rings. The van der Waals surface area contributed by atoms with E-state index >= 15 is 0 Å². The summed E-state index contributed by atoms with van der Waals surface area (Å²) in [4.78, 5) is 12.0. The molecule has 0 spiro atoms. The zero-order valence-corrected chi connectivity index (χ0v) is 12.7. The van der Waals surface area contributed by atoms with E-state index in [4.69, 9.17) is 0 Å². The molecule has 0 unspecified atom stereocenters. The molecule has 116 valence electrons. The molecule has 0 aliphatic carbocycles. The molecule has 0 aliphatic heterocycles. The number of halogens is 1. The fourth-order valence-electron chi connectivity index (χ4n) is 1.82. The Kier molecular flexibility index (Phi) is 4.77. The van der Waals surface area contributed by atoms with Crippen LogP contribution in [0.25, 0.3) is 0 Å². The van der Waals surface area contributed by atoms with Crippen molar-refractivity contribution in [3.05, 3.63) is 65.5 Å². The average molecular weight is 322 g/mol. The van der Waals surface area contributed by atoms with Crippen molar-refractivity contribution in [3.8, 4) is 0 Å². The van der Waals surface area contributed by atoms with Crippen LogP contribution in [0.1, 0.15) is 15.9 Å². The molecule has 7 heteroatoms. The first-order valence-electron chi connectivity index (χ1n) is 6.44. The second-order valence-corrected chi connectivity index (χ2v) is 6.51. The van der Waals surface area contributed by atoms with Crippen molar-refractivity contribution < 1.29 is 17.6 Å². The summed E-state index contributed by atoms with van der Waals surface area (Å²) in [6.07, 6.45) is 1.04. The summed E-state index contributed by atoms with van der Waals surface area (Å²) in [5.74, 6) is -0.684. The van der Waals surface area contributed by atoms with Gasteiger partial charge in [0.2, 0.25) is 10.0 Å². The summed E-state index contributed by atoms with van der Waals surface area (Å²) in [6, 6.07) is 12.0. The van der Waals surface area contributed by atoms with Crippen molar-refractivity contribution in [3.63, 3.8) is 0 Å². The predicted octanol–water partition coefficient (Wildman–Crippen LogP) is 2.13. The van der Waals surface area contributed by atoms with E-state index in [2.05, 4.69) is 10.0 Å². The van der Waals surface area contributed by atoms with Crippen LogP contribution in [-0.2, 0) is 16.6 Å². The van der Waals surface area contributed by atoms with E-state index in [0.717, 1.165) is 11.8 Å². The van der Waals surface area contributed by atoms with Gasteiger partial charge < -0.3 is 5.32 Å². The molecule has 2 aromatic carbocycles. The highest BCUT2D eigenvalue weighted by Crippen LogP contribution is 2.12. The molecular weight excluding hydrogens is 307 g/mol. The second-order valence-electron chi connectivity index (χ2n) is 4.76. The fourth-order valence-corrected chi connectivity index (χ4v) is 2.38.